The molecule has 0 amide bonds. The minimum atomic E-state index is -3.63. The van der Waals surface area contributed by atoms with E-state index in [0.717, 1.165) is 25.7 Å². The first-order chi connectivity index (χ1) is 10.1. The van der Waals surface area contributed by atoms with E-state index in [1.54, 1.807) is 12.1 Å². The van der Waals surface area contributed by atoms with E-state index >= 15 is 0 Å². The Labute approximate surface area is 123 Å². The number of nitrogens with one attached hydrogen (secondary N) is 1. The van der Waals surface area contributed by atoms with E-state index in [-0.39, 0.29) is 11.1 Å². The number of nitrogens with zero attached hydrogens (tertiary/aromatic N) is 1. The van der Waals surface area contributed by atoms with Gasteiger partial charge in [0.15, 0.2) is 5.76 Å². The van der Waals surface area contributed by atoms with Crippen LogP contribution in [0.3, 0.4) is 0 Å². The fraction of sp³-hybridized carbons (Fsp3) is 0.500. The van der Waals surface area contributed by atoms with Gasteiger partial charge in [-0.05, 0) is 25.0 Å². The van der Waals surface area contributed by atoms with Crippen LogP contribution in [-0.2, 0) is 10.0 Å². The zero-order valence-electron chi connectivity index (χ0n) is 11.6. The fourth-order valence-electron chi connectivity index (χ4n) is 2.61. The Balaban J connectivity index is 1.75. The van der Waals surface area contributed by atoms with Gasteiger partial charge in [-0.25, -0.2) is 13.1 Å². The third-order valence-corrected chi connectivity index (χ3v) is 5.10. The standard InChI is InChI=1S/C14H18N2O4S/c17-21(18,16-11-5-3-1-2-4-6-11)14-8-7-12(19-14)13-9-10-15-20-13/h7-11,16H,1-6H2. The summed E-state index contributed by atoms with van der Waals surface area (Å²) in [4.78, 5) is 0. The normalized spacial score (nSPS) is 17.7. The number of sulfonamides is 1. The van der Waals surface area contributed by atoms with Crippen LogP contribution in [0.25, 0.3) is 11.5 Å². The van der Waals surface area contributed by atoms with Gasteiger partial charge in [0.2, 0.25) is 10.9 Å². The summed E-state index contributed by atoms with van der Waals surface area (Å²) in [5.74, 6) is 0.764. The van der Waals surface area contributed by atoms with Crippen molar-refractivity contribution in [3.63, 3.8) is 0 Å². The Kier molecular flexibility index (Phi) is 4.12. The predicted octanol–water partition coefficient (Wildman–Crippen LogP) is 2.94. The SMILES string of the molecule is O=S(=O)(NC1CCCCCC1)c1ccc(-c2ccno2)o1. The summed E-state index contributed by atoms with van der Waals surface area (Å²) in [5.41, 5.74) is 0. The van der Waals surface area contributed by atoms with Gasteiger partial charge < -0.3 is 8.94 Å². The molecule has 0 aliphatic heterocycles. The van der Waals surface area contributed by atoms with Crippen LogP contribution in [0.2, 0.25) is 0 Å². The average Bonchev–Trinajstić information content (AvgIpc) is 3.07. The summed E-state index contributed by atoms with van der Waals surface area (Å²) in [7, 11) is -3.63. The van der Waals surface area contributed by atoms with Crippen LogP contribution < -0.4 is 4.72 Å². The molecule has 1 aliphatic rings. The van der Waals surface area contributed by atoms with Crippen molar-refractivity contribution >= 4 is 10.0 Å². The lowest BCUT2D eigenvalue weighted by Gasteiger charge is -2.14. The minimum Gasteiger partial charge on any atom is -0.440 e. The van der Waals surface area contributed by atoms with E-state index in [9.17, 15) is 8.42 Å². The van der Waals surface area contributed by atoms with Gasteiger partial charge in [0.05, 0.1) is 6.20 Å². The number of hydrogen-bond acceptors (Lipinski definition) is 5. The molecule has 0 spiro atoms. The molecule has 114 valence electrons. The Bertz CT molecular complexity index is 668. The molecule has 2 aromatic rings. The summed E-state index contributed by atoms with van der Waals surface area (Å²) in [6.07, 6.45) is 7.73. The maximum atomic E-state index is 12.3. The zero-order chi connectivity index (χ0) is 14.7. The Morgan fingerprint density at radius 3 is 2.48 bits per heavy atom. The van der Waals surface area contributed by atoms with Gasteiger partial charge in [0, 0.05) is 12.1 Å². The molecule has 0 atom stereocenters. The van der Waals surface area contributed by atoms with E-state index in [1.807, 2.05) is 0 Å². The second-order valence-corrected chi connectivity index (χ2v) is 6.95. The maximum absolute atomic E-state index is 12.3. The lowest BCUT2D eigenvalue weighted by atomic mass is 10.1. The molecule has 7 heteroatoms. The molecule has 3 rings (SSSR count). The van der Waals surface area contributed by atoms with Crippen molar-refractivity contribution in [3.05, 3.63) is 24.4 Å². The highest BCUT2D eigenvalue weighted by molar-refractivity contribution is 7.89. The lowest BCUT2D eigenvalue weighted by molar-refractivity contribution is 0.398. The summed E-state index contributed by atoms with van der Waals surface area (Å²) in [5, 5.41) is 3.49. The maximum Gasteiger partial charge on any atom is 0.274 e. The van der Waals surface area contributed by atoms with Crippen molar-refractivity contribution in [1.82, 2.24) is 9.88 Å². The van der Waals surface area contributed by atoms with Crippen molar-refractivity contribution in [2.24, 2.45) is 0 Å². The first-order valence-corrected chi connectivity index (χ1v) is 8.67. The molecule has 0 aromatic carbocycles. The van der Waals surface area contributed by atoms with Crippen molar-refractivity contribution < 1.29 is 17.4 Å². The molecular formula is C14H18N2O4S. The largest absolute Gasteiger partial charge is 0.440 e. The third-order valence-electron chi connectivity index (χ3n) is 3.70. The van der Waals surface area contributed by atoms with E-state index in [0.29, 0.717) is 11.5 Å². The lowest BCUT2D eigenvalue weighted by Crippen LogP contribution is -2.34. The molecule has 6 nitrogen and oxygen atoms in total. The van der Waals surface area contributed by atoms with Crippen LogP contribution in [0.4, 0.5) is 0 Å². The van der Waals surface area contributed by atoms with E-state index < -0.39 is 10.0 Å². The molecule has 0 saturated heterocycles. The van der Waals surface area contributed by atoms with Gasteiger partial charge in [0.25, 0.3) is 10.0 Å². The minimum absolute atomic E-state index is 0.00340. The van der Waals surface area contributed by atoms with Gasteiger partial charge in [-0.3, -0.25) is 0 Å². The van der Waals surface area contributed by atoms with Gasteiger partial charge in [-0.1, -0.05) is 30.8 Å². The summed E-state index contributed by atoms with van der Waals surface area (Å²) < 4.78 is 37.8. The monoisotopic (exact) mass is 310 g/mol. The van der Waals surface area contributed by atoms with Crippen LogP contribution in [0, 0.1) is 0 Å². The van der Waals surface area contributed by atoms with Crippen molar-refractivity contribution in [2.45, 2.75) is 49.7 Å². The molecule has 1 fully saturated rings. The highest BCUT2D eigenvalue weighted by Gasteiger charge is 2.24. The summed E-state index contributed by atoms with van der Waals surface area (Å²) >= 11 is 0. The molecular weight excluding hydrogens is 292 g/mol. The van der Waals surface area contributed by atoms with Crippen LogP contribution in [0.15, 0.2) is 38.4 Å². The molecule has 0 bridgehead atoms. The summed E-state index contributed by atoms with van der Waals surface area (Å²) in [6.45, 7) is 0. The van der Waals surface area contributed by atoms with Gasteiger partial charge in [-0.2, -0.15) is 0 Å². The Morgan fingerprint density at radius 1 is 1.05 bits per heavy atom. The third kappa shape index (κ3) is 3.36. The quantitative estimate of drug-likeness (QED) is 0.878. The van der Waals surface area contributed by atoms with Gasteiger partial charge in [0.1, 0.15) is 0 Å². The fourth-order valence-corrected chi connectivity index (χ4v) is 3.85. The average molecular weight is 310 g/mol. The number of hydrogen-bond donors (Lipinski definition) is 1. The number of furan rings is 1. The van der Waals surface area contributed by atoms with Crippen LogP contribution in [0.1, 0.15) is 38.5 Å². The highest BCUT2D eigenvalue weighted by Crippen LogP contribution is 2.25. The molecule has 0 radical (unpaired) electrons. The molecule has 2 aromatic heterocycles. The predicted molar refractivity (Wildman–Crippen MR) is 76.0 cm³/mol. The van der Waals surface area contributed by atoms with Crippen LogP contribution in [0.5, 0.6) is 0 Å². The molecule has 1 N–H and O–H groups in total. The molecule has 1 saturated carbocycles. The first kappa shape index (κ1) is 14.3. The summed E-state index contributed by atoms with van der Waals surface area (Å²) in [6, 6.07) is 4.63. The van der Waals surface area contributed by atoms with Crippen molar-refractivity contribution in [2.75, 3.05) is 0 Å². The number of aromatic nitrogens is 1. The van der Waals surface area contributed by atoms with E-state index in [2.05, 4.69) is 9.88 Å². The topological polar surface area (TPSA) is 85.3 Å². The van der Waals surface area contributed by atoms with Crippen molar-refractivity contribution in [3.8, 4) is 11.5 Å². The van der Waals surface area contributed by atoms with Crippen LogP contribution >= 0.6 is 0 Å². The molecule has 1 aliphatic carbocycles. The second kappa shape index (κ2) is 6.03. The smallest absolute Gasteiger partial charge is 0.274 e. The molecule has 2 heterocycles. The van der Waals surface area contributed by atoms with Gasteiger partial charge in [-0.15, -0.1) is 0 Å². The molecule has 21 heavy (non-hydrogen) atoms. The highest BCUT2D eigenvalue weighted by atomic mass is 32.2. The Morgan fingerprint density at radius 2 is 1.81 bits per heavy atom. The van der Waals surface area contributed by atoms with Gasteiger partial charge >= 0.3 is 0 Å². The molecule has 0 unspecified atom stereocenters. The van der Waals surface area contributed by atoms with E-state index in [4.69, 9.17) is 8.94 Å². The van der Waals surface area contributed by atoms with Crippen molar-refractivity contribution in [1.29, 1.82) is 0 Å². The Hall–Kier alpha value is -1.60. The second-order valence-electron chi connectivity index (χ2n) is 5.31. The first-order valence-electron chi connectivity index (χ1n) is 7.18. The zero-order valence-corrected chi connectivity index (χ0v) is 12.4. The van der Waals surface area contributed by atoms with Crippen LogP contribution in [-0.4, -0.2) is 19.6 Å². The van der Waals surface area contributed by atoms with E-state index in [1.165, 1.54) is 25.1 Å². The number of rotatable bonds is 4.